The van der Waals surface area contributed by atoms with Crippen LogP contribution in [0.1, 0.15) is 82.4 Å². The van der Waals surface area contributed by atoms with Crippen molar-refractivity contribution in [2.45, 2.75) is 91.6 Å². The maximum atomic E-state index is 10.9. The van der Waals surface area contributed by atoms with E-state index in [0.717, 1.165) is 73.8 Å². The second-order valence-electron chi connectivity index (χ2n) is 8.85. The molecule has 0 spiro atoms. The van der Waals surface area contributed by atoms with Gasteiger partial charge in [0.25, 0.3) is 0 Å². The van der Waals surface area contributed by atoms with Gasteiger partial charge in [-0.05, 0) is 81.5 Å². The van der Waals surface area contributed by atoms with Gasteiger partial charge in [-0.3, -0.25) is 4.79 Å². The first kappa shape index (κ1) is 21.6. The van der Waals surface area contributed by atoms with E-state index in [1.54, 1.807) is 6.92 Å². The van der Waals surface area contributed by atoms with Crippen LogP contribution in [0.15, 0.2) is 6.07 Å². The van der Waals surface area contributed by atoms with E-state index in [-0.39, 0.29) is 11.5 Å². The summed E-state index contributed by atoms with van der Waals surface area (Å²) in [4.78, 5) is 10.9. The van der Waals surface area contributed by atoms with Crippen molar-refractivity contribution < 1.29 is 19.7 Å². The zero-order valence-corrected chi connectivity index (χ0v) is 17.6. The van der Waals surface area contributed by atoms with Crippen molar-refractivity contribution in [3.63, 3.8) is 0 Å². The van der Waals surface area contributed by atoms with Crippen LogP contribution in [0.25, 0.3) is 0 Å². The molecule has 0 bridgehead atoms. The SMILES string of the molecule is Cc1c(O)cc2c(c1C)OC(C)(CCCC(C)CCCC(C)C(=O)O)CC2. The molecule has 0 saturated carbocycles. The first-order valence-corrected chi connectivity index (χ1v) is 10.4. The molecular formula is C23H36O4. The Bertz CT molecular complexity index is 667. The summed E-state index contributed by atoms with van der Waals surface area (Å²) in [7, 11) is 0. The number of aromatic hydroxyl groups is 1. The normalized spacial score (nSPS) is 21.2. The van der Waals surface area contributed by atoms with E-state index in [0.29, 0.717) is 11.7 Å². The molecule has 3 unspecified atom stereocenters. The second kappa shape index (κ2) is 8.99. The standard InChI is InChI=1S/C23H36O4/c1-15(8-6-10-16(2)22(25)26)9-7-12-23(5)13-11-19-14-20(24)17(3)18(4)21(19)27-23/h14-16,24H,6-13H2,1-5H3,(H,25,26). The lowest BCUT2D eigenvalue weighted by Crippen LogP contribution is -2.36. The maximum absolute atomic E-state index is 10.9. The molecule has 2 rings (SSSR count). The number of fused-ring (bicyclic) bond motifs is 1. The molecule has 0 aromatic heterocycles. The first-order chi connectivity index (χ1) is 12.6. The van der Waals surface area contributed by atoms with Crippen LogP contribution in [0, 0.1) is 25.7 Å². The third kappa shape index (κ3) is 5.63. The summed E-state index contributed by atoms with van der Waals surface area (Å²) in [6.45, 7) is 10.2. The molecule has 152 valence electrons. The van der Waals surface area contributed by atoms with Gasteiger partial charge in [-0.15, -0.1) is 0 Å². The van der Waals surface area contributed by atoms with Crippen molar-refractivity contribution in [3.05, 3.63) is 22.8 Å². The number of rotatable bonds is 9. The number of carbonyl (C=O) groups is 1. The number of hydrogen-bond acceptors (Lipinski definition) is 3. The smallest absolute Gasteiger partial charge is 0.306 e. The maximum Gasteiger partial charge on any atom is 0.306 e. The molecule has 0 radical (unpaired) electrons. The molecule has 1 aromatic rings. The minimum absolute atomic E-state index is 0.140. The fourth-order valence-electron chi connectivity index (χ4n) is 4.01. The van der Waals surface area contributed by atoms with Crippen LogP contribution in [0.3, 0.4) is 0 Å². The highest BCUT2D eigenvalue weighted by atomic mass is 16.5. The first-order valence-electron chi connectivity index (χ1n) is 10.4. The Balaban J connectivity index is 1.81. The summed E-state index contributed by atoms with van der Waals surface area (Å²) in [5, 5.41) is 19.0. The molecule has 0 aliphatic carbocycles. The molecule has 4 heteroatoms. The lowest BCUT2D eigenvalue weighted by molar-refractivity contribution is -0.141. The van der Waals surface area contributed by atoms with Crippen LogP contribution in [0.2, 0.25) is 0 Å². The lowest BCUT2D eigenvalue weighted by atomic mass is 9.85. The predicted octanol–water partition coefficient (Wildman–Crippen LogP) is 5.79. The molecule has 1 aromatic carbocycles. The third-order valence-electron chi connectivity index (χ3n) is 6.32. The number of phenols is 1. The van der Waals surface area contributed by atoms with Crippen molar-refractivity contribution in [1.29, 1.82) is 0 Å². The molecule has 0 amide bonds. The number of ether oxygens (including phenoxy) is 1. The molecule has 4 nitrogen and oxygen atoms in total. The zero-order valence-electron chi connectivity index (χ0n) is 17.6. The van der Waals surface area contributed by atoms with E-state index in [4.69, 9.17) is 9.84 Å². The minimum atomic E-state index is -0.691. The lowest BCUT2D eigenvalue weighted by Gasteiger charge is -2.37. The van der Waals surface area contributed by atoms with Gasteiger partial charge in [-0.1, -0.05) is 33.1 Å². The Labute approximate surface area is 163 Å². The number of aliphatic carboxylic acids is 1. The topological polar surface area (TPSA) is 66.8 Å². The van der Waals surface area contributed by atoms with Crippen LogP contribution in [-0.2, 0) is 11.2 Å². The van der Waals surface area contributed by atoms with Gasteiger partial charge in [-0.2, -0.15) is 0 Å². The predicted molar refractivity (Wildman–Crippen MR) is 109 cm³/mol. The van der Waals surface area contributed by atoms with Gasteiger partial charge in [0, 0.05) is 0 Å². The highest BCUT2D eigenvalue weighted by molar-refractivity contribution is 5.69. The average Bonchev–Trinajstić information content (AvgIpc) is 2.60. The quantitative estimate of drug-likeness (QED) is 0.572. The zero-order chi connectivity index (χ0) is 20.2. The van der Waals surface area contributed by atoms with Crippen LogP contribution in [-0.4, -0.2) is 21.8 Å². The van der Waals surface area contributed by atoms with E-state index in [2.05, 4.69) is 13.8 Å². The molecule has 1 heterocycles. The number of hydrogen-bond donors (Lipinski definition) is 2. The number of carboxylic acids is 1. The highest BCUT2D eigenvalue weighted by Gasteiger charge is 2.33. The Hall–Kier alpha value is -1.71. The molecule has 0 saturated heterocycles. The van der Waals surface area contributed by atoms with Crippen molar-refractivity contribution in [3.8, 4) is 11.5 Å². The largest absolute Gasteiger partial charge is 0.508 e. The van der Waals surface area contributed by atoms with Crippen LogP contribution < -0.4 is 4.74 Å². The van der Waals surface area contributed by atoms with E-state index >= 15 is 0 Å². The van der Waals surface area contributed by atoms with Gasteiger partial charge < -0.3 is 14.9 Å². The molecule has 1 aliphatic rings. The van der Waals surface area contributed by atoms with Crippen molar-refractivity contribution in [2.24, 2.45) is 11.8 Å². The molecule has 3 atom stereocenters. The summed E-state index contributed by atoms with van der Waals surface area (Å²) in [5.74, 6) is 1.02. The Morgan fingerprint density at radius 3 is 2.52 bits per heavy atom. The van der Waals surface area contributed by atoms with Gasteiger partial charge in [-0.25, -0.2) is 0 Å². The van der Waals surface area contributed by atoms with Gasteiger partial charge in [0.15, 0.2) is 0 Å². The molecule has 27 heavy (non-hydrogen) atoms. The van der Waals surface area contributed by atoms with Crippen LogP contribution in [0.4, 0.5) is 0 Å². The fraction of sp³-hybridized carbons (Fsp3) is 0.696. The van der Waals surface area contributed by atoms with Gasteiger partial charge >= 0.3 is 5.97 Å². The van der Waals surface area contributed by atoms with Gasteiger partial charge in [0.2, 0.25) is 0 Å². The summed E-state index contributed by atoms with van der Waals surface area (Å²) in [6.07, 6.45) is 8.08. The Kier molecular flexibility index (Phi) is 7.19. The van der Waals surface area contributed by atoms with Crippen molar-refractivity contribution >= 4 is 5.97 Å². The van der Waals surface area contributed by atoms with E-state index in [1.165, 1.54) is 0 Å². The Morgan fingerprint density at radius 1 is 1.19 bits per heavy atom. The number of carboxylic acid groups (broad SMARTS) is 1. The van der Waals surface area contributed by atoms with Crippen LogP contribution in [0.5, 0.6) is 11.5 Å². The Morgan fingerprint density at radius 2 is 1.85 bits per heavy atom. The second-order valence-corrected chi connectivity index (χ2v) is 8.85. The van der Waals surface area contributed by atoms with E-state index in [9.17, 15) is 9.90 Å². The summed E-state index contributed by atoms with van der Waals surface area (Å²) < 4.78 is 6.43. The fourth-order valence-corrected chi connectivity index (χ4v) is 4.01. The molecular weight excluding hydrogens is 340 g/mol. The van der Waals surface area contributed by atoms with Crippen LogP contribution >= 0.6 is 0 Å². The molecule has 0 fully saturated rings. The van der Waals surface area contributed by atoms with Crippen molar-refractivity contribution in [1.82, 2.24) is 0 Å². The summed E-state index contributed by atoms with van der Waals surface area (Å²) >= 11 is 0. The molecule has 1 aliphatic heterocycles. The monoisotopic (exact) mass is 376 g/mol. The third-order valence-corrected chi connectivity index (χ3v) is 6.32. The minimum Gasteiger partial charge on any atom is -0.508 e. The number of aryl methyl sites for hydroxylation is 1. The van der Waals surface area contributed by atoms with E-state index < -0.39 is 5.97 Å². The van der Waals surface area contributed by atoms with Crippen molar-refractivity contribution in [2.75, 3.05) is 0 Å². The molecule has 2 N–H and O–H groups in total. The van der Waals surface area contributed by atoms with Gasteiger partial charge in [0.05, 0.1) is 5.92 Å². The van der Waals surface area contributed by atoms with E-state index in [1.807, 2.05) is 19.9 Å². The summed E-state index contributed by atoms with van der Waals surface area (Å²) in [5.41, 5.74) is 2.94. The van der Waals surface area contributed by atoms with Gasteiger partial charge in [0.1, 0.15) is 17.1 Å². The summed E-state index contributed by atoms with van der Waals surface area (Å²) in [6, 6.07) is 1.86. The highest BCUT2D eigenvalue weighted by Crippen LogP contribution is 2.42. The number of benzene rings is 1. The number of phenolic OH excluding ortho intramolecular Hbond substituents is 1. The average molecular weight is 377 g/mol.